The number of aliphatic hydroxyl groups is 1. The first-order chi connectivity index (χ1) is 5.12. The van der Waals surface area contributed by atoms with Gasteiger partial charge >= 0.3 is 0 Å². The van der Waals surface area contributed by atoms with Crippen molar-refractivity contribution in [1.82, 2.24) is 0 Å². The first-order valence-electron chi connectivity index (χ1n) is 4.04. The van der Waals surface area contributed by atoms with Crippen molar-refractivity contribution in [3.63, 3.8) is 0 Å². The van der Waals surface area contributed by atoms with Crippen LogP contribution in [-0.4, -0.2) is 16.6 Å². The lowest BCUT2D eigenvalue weighted by atomic mass is 9.96. The Balaban J connectivity index is 3.69. The van der Waals surface area contributed by atoms with Crippen molar-refractivity contribution in [2.45, 2.75) is 45.1 Å². The van der Waals surface area contributed by atoms with Crippen molar-refractivity contribution in [2.75, 3.05) is 0 Å². The van der Waals surface area contributed by atoms with Gasteiger partial charge in [0, 0.05) is 12.5 Å². The second-order valence-electron chi connectivity index (χ2n) is 3.13. The van der Waals surface area contributed by atoms with Crippen LogP contribution < -0.4 is 0 Å². The highest BCUT2D eigenvalue weighted by Crippen LogP contribution is 2.17. The van der Waals surface area contributed by atoms with E-state index in [-0.39, 0.29) is 0 Å². The molecule has 0 radical (unpaired) electrons. The minimum atomic E-state index is -0.715. The summed E-state index contributed by atoms with van der Waals surface area (Å²) >= 11 is 0. The van der Waals surface area contributed by atoms with Gasteiger partial charge in [-0.2, -0.15) is 0 Å². The minimum absolute atomic E-state index is 0.413. The molecule has 1 N–H and O–H groups in total. The molecule has 0 fully saturated rings. The van der Waals surface area contributed by atoms with E-state index in [1.807, 2.05) is 0 Å². The van der Waals surface area contributed by atoms with Crippen LogP contribution in [0.15, 0.2) is 6.08 Å². The standard InChI is InChI=1S/C9H16O2/c1-3-4-6-9(2,11)7-5-8-10/h5,11H,3-4,6-7H2,1-2H3/t9-/m1/s1. The summed E-state index contributed by atoms with van der Waals surface area (Å²) in [6.07, 6.45) is 4.58. The van der Waals surface area contributed by atoms with Gasteiger partial charge in [0.1, 0.15) is 5.94 Å². The van der Waals surface area contributed by atoms with E-state index in [2.05, 4.69) is 6.92 Å². The Kier molecular flexibility index (Phi) is 4.84. The maximum absolute atomic E-state index is 9.83. The molecule has 0 bridgehead atoms. The summed E-state index contributed by atoms with van der Waals surface area (Å²) in [5.41, 5.74) is -0.715. The fraction of sp³-hybridized carbons (Fsp3) is 0.778. The molecule has 2 heteroatoms. The van der Waals surface area contributed by atoms with E-state index in [9.17, 15) is 9.90 Å². The second-order valence-corrected chi connectivity index (χ2v) is 3.13. The SMILES string of the molecule is CCCC[C@@](C)(O)CC=C=O. The zero-order valence-corrected chi connectivity index (χ0v) is 7.26. The van der Waals surface area contributed by atoms with Gasteiger partial charge in [-0.15, -0.1) is 0 Å². The lowest BCUT2D eigenvalue weighted by Crippen LogP contribution is -2.22. The van der Waals surface area contributed by atoms with E-state index < -0.39 is 5.60 Å². The summed E-state index contributed by atoms with van der Waals surface area (Å²) in [6, 6.07) is 0. The van der Waals surface area contributed by atoms with E-state index in [0.717, 1.165) is 19.3 Å². The van der Waals surface area contributed by atoms with E-state index in [1.165, 1.54) is 6.08 Å². The van der Waals surface area contributed by atoms with Gasteiger partial charge in [0.15, 0.2) is 0 Å². The largest absolute Gasteiger partial charge is 0.390 e. The first kappa shape index (κ1) is 10.4. The predicted octanol–water partition coefficient (Wildman–Crippen LogP) is 1.71. The van der Waals surface area contributed by atoms with Crippen LogP contribution in [0.5, 0.6) is 0 Å². The third kappa shape index (κ3) is 5.84. The predicted molar refractivity (Wildman–Crippen MR) is 45.0 cm³/mol. The summed E-state index contributed by atoms with van der Waals surface area (Å²) in [6.45, 7) is 3.82. The Morgan fingerprint density at radius 3 is 2.73 bits per heavy atom. The summed E-state index contributed by atoms with van der Waals surface area (Å²) < 4.78 is 0. The van der Waals surface area contributed by atoms with Crippen molar-refractivity contribution < 1.29 is 9.90 Å². The Labute approximate surface area is 67.9 Å². The molecule has 11 heavy (non-hydrogen) atoms. The highest BCUT2D eigenvalue weighted by atomic mass is 16.3. The molecule has 0 saturated heterocycles. The normalized spacial score (nSPS) is 15.2. The van der Waals surface area contributed by atoms with E-state index >= 15 is 0 Å². The van der Waals surface area contributed by atoms with Gasteiger partial charge in [0.25, 0.3) is 0 Å². The number of hydrogen-bond acceptors (Lipinski definition) is 2. The number of rotatable bonds is 5. The molecule has 0 aromatic rings. The average molecular weight is 156 g/mol. The Bertz CT molecular complexity index is 144. The molecule has 0 rings (SSSR count). The van der Waals surface area contributed by atoms with Crippen LogP contribution in [0.3, 0.4) is 0 Å². The van der Waals surface area contributed by atoms with Gasteiger partial charge in [-0.3, -0.25) is 0 Å². The minimum Gasteiger partial charge on any atom is -0.390 e. The van der Waals surface area contributed by atoms with E-state index in [4.69, 9.17) is 0 Å². The molecule has 0 aliphatic carbocycles. The van der Waals surface area contributed by atoms with Crippen LogP contribution in [-0.2, 0) is 4.79 Å². The van der Waals surface area contributed by atoms with Crippen LogP contribution in [0.25, 0.3) is 0 Å². The van der Waals surface area contributed by atoms with Gasteiger partial charge in [0.05, 0.1) is 5.60 Å². The summed E-state index contributed by atoms with van der Waals surface area (Å²) in [5, 5.41) is 9.57. The highest BCUT2D eigenvalue weighted by molar-refractivity contribution is 5.44. The zero-order valence-electron chi connectivity index (χ0n) is 7.26. The van der Waals surface area contributed by atoms with Crippen LogP contribution in [0.2, 0.25) is 0 Å². The lowest BCUT2D eigenvalue weighted by molar-refractivity contribution is 0.0519. The fourth-order valence-corrected chi connectivity index (χ4v) is 0.921. The summed E-state index contributed by atoms with van der Waals surface area (Å²) in [7, 11) is 0. The molecular weight excluding hydrogens is 140 g/mol. The molecule has 0 aliphatic heterocycles. The molecule has 0 aromatic carbocycles. The molecule has 0 aliphatic rings. The molecule has 0 saturated carbocycles. The summed E-state index contributed by atoms with van der Waals surface area (Å²) in [4.78, 5) is 9.83. The lowest BCUT2D eigenvalue weighted by Gasteiger charge is -2.20. The fourth-order valence-electron chi connectivity index (χ4n) is 0.921. The number of hydrogen-bond donors (Lipinski definition) is 1. The smallest absolute Gasteiger partial charge is 0.120 e. The Morgan fingerprint density at radius 2 is 2.27 bits per heavy atom. The van der Waals surface area contributed by atoms with Crippen molar-refractivity contribution in [2.24, 2.45) is 0 Å². The van der Waals surface area contributed by atoms with Crippen molar-refractivity contribution in [3.8, 4) is 0 Å². The average Bonchev–Trinajstić information content (AvgIpc) is 1.97. The monoisotopic (exact) mass is 156 g/mol. The maximum atomic E-state index is 9.83. The Morgan fingerprint density at radius 1 is 1.64 bits per heavy atom. The van der Waals surface area contributed by atoms with Gasteiger partial charge in [-0.25, -0.2) is 4.79 Å². The van der Waals surface area contributed by atoms with Crippen molar-refractivity contribution >= 4 is 5.94 Å². The molecule has 0 heterocycles. The van der Waals surface area contributed by atoms with Crippen LogP contribution >= 0.6 is 0 Å². The third-order valence-electron chi connectivity index (χ3n) is 1.69. The maximum Gasteiger partial charge on any atom is 0.120 e. The first-order valence-corrected chi connectivity index (χ1v) is 4.04. The van der Waals surface area contributed by atoms with Crippen LogP contribution in [0.4, 0.5) is 0 Å². The molecular formula is C9H16O2. The molecule has 64 valence electrons. The molecule has 0 spiro atoms. The molecule has 0 aromatic heterocycles. The molecule has 1 atom stereocenters. The topological polar surface area (TPSA) is 37.3 Å². The van der Waals surface area contributed by atoms with Gasteiger partial charge < -0.3 is 5.11 Å². The van der Waals surface area contributed by atoms with Crippen LogP contribution in [0, 0.1) is 0 Å². The quantitative estimate of drug-likeness (QED) is 0.615. The number of unbranched alkanes of at least 4 members (excludes halogenated alkanes) is 1. The summed E-state index contributed by atoms with van der Waals surface area (Å²) in [5.74, 6) is 1.67. The molecule has 0 amide bonds. The Hall–Kier alpha value is -0.590. The molecule has 2 nitrogen and oxygen atoms in total. The van der Waals surface area contributed by atoms with Gasteiger partial charge in [-0.1, -0.05) is 19.8 Å². The molecule has 0 unspecified atom stereocenters. The van der Waals surface area contributed by atoms with Gasteiger partial charge in [0.2, 0.25) is 0 Å². The van der Waals surface area contributed by atoms with E-state index in [0.29, 0.717) is 6.42 Å². The van der Waals surface area contributed by atoms with Gasteiger partial charge in [-0.05, 0) is 13.3 Å². The van der Waals surface area contributed by atoms with Crippen LogP contribution in [0.1, 0.15) is 39.5 Å². The zero-order chi connectivity index (χ0) is 8.74. The van der Waals surface area contributed by atoms with Crippen molar-refractivity contribution in [3.05, 3.63) is 6.08 Å². The van der Waals surface area contributed by atoms with E-state index in [1.54, 1.807) is 12.9 Å². The number of carbonyl (C=O) groups excluding carboxylic acids is 1. The van der Waals surface area contributed by atoms with Crippen molar-refractivity contribution in [1.29, 1.82) is 0 Å². The highest BCUT2D eigenvalue weighted by Gasteiger charge is 2.17. The second kappa shape index (κ2) is 5.11. The third-order valence-corrected chi connectivity index (χ3v) is 1.69.